The zero-order valence-electron chi connectivity index (χ0n) is 10.6. The summed E-state index contributed by atoms with van der Waals surface area (Å²) in [4.78, 5) is 15.6. The predicted molar refractivity (Wildman–Crippen MR) is 69.8 cm³/mol. The molecule has 0 radical (unpaired) electrons. The first-order valence-corrected chi connectivity index (χ1v) is 5.90. The molecule has 112 valence electrons. The smallest absolute Gasteiger partial charge is 0.384 e. The largest absolute Gasteiger partial charge is 0.435 e. The third-order valence-electron chi connectivity index (χ3n) is 2.55. The van der Waals surface area contributed by atoms with Gasteiger partial charge < -0.3 is 11.1 Å². The van der Waals surface area contributed by atoms with Crippen LogP contribution in [0.25, 0.3) is 0 Å². The molecule has 2 aromatic heterocycles. The number of hydrogen-bond acceptors (Lipinski definition) is 4. The Morgan fingerprint density at radius 3 is 2.71 bits per heavy atom. The van der Waals surface area contributed by atoms with Gasteiger partial charge in [0, 0.05) is 18.8 Å². The fourth-order valence-corrected chi connectivity index (χ4v) is 1.95. The second kappa shape index (κ2) is 5.24. The zero-order chi connectivity index (χ0) is 15.8. The minimum atomic E-state index is -4.71. The maximum atomic E-state index is 12.9. The van der Waals surface area contributed by atoms with Gasteiger partial charge in [-0.2, -0.15) is 18.3 Å². The van der Waals surface area contributed by atoms with Crippen molar-refractivity contribution in [3.05, 3.63) is 34.7 Å². The van der Waals surface area contributed by atoms with Gasteiger partial charge in [0.05, 0.1) is 0 Å². The van der Waals surface area contributed by atoms with Crippen LogP contribution < -0.4 is 11.1 Å². The summed E-state index contributed by atoms with van der Waals surface area (Å²) in [6, 6.07) is 2.54. The third kappa shape index (κ3) is 3.07. The van der Waals surface area contributed by atoms with Crippen molar-refractivity contribution >= 4 is 29.0 Å². The van der Waals surface area contributed by atoms with Gasteiger partial charge in [0.2, 0.25) is 0 Å². The normalized spacial score (nSPS) is 11.5. The number of nitrogens with one attached hydrogen (secondary N) is 1. The van der Waals surface area contributed by atoms with E-state index in [-0.39, 0.29) is 11.4 Å². The molecule has 0 saturated carbocycles. The Hall–Kier alpha value is -2.29. The molecule has 2 rings (SSSR count). The minimum absolute atomic E-state index is 0.0514. The Labute approximate surface area is 121 Å². The lowest BCUT2D eigenvalue weighted by Crippen LogP contribution is -2.18. The highest BCUT2D eigenvalue weighted by atomic mass is 35.5. The highest BCUT2D eigenvalue weighted by Crippen LogP contribution is 2.38. The number of alkyl halides is 3. The van der Waals surface area contributed by atoms with E-state index in [0.717, 1.165) is 7.05 Å². The highest BCUT2D eigenvalue weighted by molar-refractivity contribution is 6.33. The van der Waals surface area contributed by atoms with Crippen LogP contribution in [0.15, 0.2) is 18.3 Å². The topological polar surface area (TPSA) is 85.8 Å². The van der Waals surface area contributed by atoms with Gasteiger partial charge in [0.25, 0.3) is 5.91 Å². The average Bonchev–Trinajstić information content (AvgIpc) is 2.63. The van der Waals surface area contributed by atoms with Gasteiger partial charge in [0.15, 0.2) is 10.8 Å². The highest BCUT2D eigenvalue weighted by Gasteiger charge is 2.39. The van der Waals surface area contributed by atoms with Crippen molar-refractivity contribution in [2.24, 2.45) is 7.05 Å². The van der Waals surface area contributed by atoms with Crippen LogP contribution in [0.2, 0.25) is 5.15 Å². The first-order chi connectivity index (χ1) is 9.70. The molecular weight excluding hydrogens is 311 g/mol. The average molecular weight is 320 g/mol. The number of amides is 1. The van der Waals surface area contributed by atoms with Gasteiger partial charge in [-0.3, -0.25) is 9.48 Å². The molecule has 2 heterocycles. The molecule has 0 bridgehead atoms. The van der Waals surface area contributed by atoms with Crippen LogP contribution in [-0.4, -0.2) is 20.7 Å². The molecule has 3 N–H and O–H groups in total. The Balaban J connectivity index is 2.38. The number of rotatable bonds is 2. The second-order valence-electron chi connectivity index (χ2n) is 4.06. The van der Waals surface area contributed by atoms with Gasteiger partial charge in [-0.1, -0.05) is 11.6 Å². The molecule has 2 aromatic rings. The van der Waals surface area contributed by atoms with E-state index in [1.54, 1.807) is 0 Å². The van der Waals surface area contributed by atoms with Crippen LogP contribution in [0.4, 0.5) is 24.7 Å². The summed E-state index contributed by atoms with van der Waals surface area (Å²) in [5.41, 5.74) is 3.71. The van der Waals surface area contributed by atoms with Crippen LogP contribution in [-0.2, 0) is 13.2 Å². The van der Waals surface area contributed by atoms with Crippen molar-refractivity contribution in [3.63, 3.8) is 0 Å². The van der Waals surface area contributed by atoms with Crippen molar-refractivity contribution in [3.8, 4) is 0 Å². The van der Waals surface area contributed by atoms with Crippen molar-refractivity contribution in [1.82, 2.24) is 14.8 Å². The number of nitrogens with zero attached hydrogens (tertiary/aromatic N) is 3. The number of aromatic nitrogens is 3. The number of pyridine rings is 1. The SMILES string of the molecule is Cn1nc(Cl)c(NC(=O)c2ccnc(N)c2)c1C(F)(F)F. The number of nitrogens with two attached hydrogens (primary N) is 1. The van der Waals surface area contributed by atoms with Crippen LogP contribution in [0.3, 0.4) is 0 Å². The van der Waals surface area contributed by atoms with Crippen molar-refractivity contribution < 1.29 is 18.0 Å². The van der Waals surface area contributed by atoms with E-state index in [1.165, 1.54) is 18.3 Å². The summed E-state index contributed by atoms with van der Waals surface area (Å²) >= 11 is 5.64. The van der Waals surface area contributed by atoms with Gasteiger partial charge in [-0.15, -0.1) is 0 Å². The van der Waals surface area contributed by atoms with E-state index < -0.39 is 28.6 Å². The zero-order valence-corrected chi connectivity index (χ0v) is 11.3. The summed E-state index contributed by atoms with van der Waals surface area (Å²) in [5.74, 6) is -0.736. The molecule has 0 aliphatic carbocycles. The van der Waals surface area contributed by atoms with Crippen molar-refractivity contribution in [2.45, 2.75) is 6.18 Å². The van der Waals surface area contributed by atoms with Crippen molar-refractivity contribution in [2.75, 3.05) is 11.1 Å². The number of aryl methyl sites for hydroxylation is 1. The Morgan fingerprint density at radius 2 is 2.14 bits per heavy atom. The number of anilines is 2. The van der Waals surface area contributed by atoms with Crippen LogP contribution in [0.5, 0.6) is 0 Å². The monoisotopic (exact) mass is 319 g/mol. The van der Waals surface area contributed by atoms with Crippen LogP contribution in [0.1, 0.15) is 16.1 Å². The maximum Gasteiger partial charge on any atom is 0.435 e. The van der Waals surface area contributed by atoms with E-state index in [4.69, 9.17) is 17.3 Å². The summed E-state index contributed by atoms with van der Waals surface area (Å²) in [7, 11) is 1.08. The van der Waals surface area contributed by atoms with Crippen molar-refractivity contribution in [1.29, 1.82) is 0 Å². The third-order valence-corrected chi connectivity index (χ3v) is 2.82. The molecule has 21 heavy (non-hydrogen) atoms. The standard InChI is InChI=1S/C11H9ClF3N5O/c1-20-8(11(13,14)15)7(9(12)19-20)18-10(21)5-2-3-17-6(16)4-5/h2-4H,1H3,(H2,16,17)(H,18,21). The second-order valence-corrected chi connectivity index (χ2v) is 4.42. The fourth-order valence-electron chi connectivity index (χ4n) is 1.70. The molecule has 0 spiro atoms. The molecule has 0 aromatic carbocycles. The van der Waals surface area contributed by atoms with Gasteiger partial charge in [0.1, 0.15) is 11.5 Å². The van der Waals surface area contributed by atoms with E-state index in [2.05, 4.69) is 15.4 Å². The molecule has 10 heteroatoms. The van der Waals surface area contributed by atoms with E-state index >= 15 is 0 Å². The molecular formula is C11H9ClF3N5O. The quantitative estimate of drug-likeness (QED) is 0.889. The summed E-state index contributed by atoms with van der Waals surface area (Å²) in [6.07, 6.45) is -3.45. The predicted octanol–water partition coefficient (Wildman–Crippen LogP) is 2.32. The Kier molecular flexibility index (Phi) is 3.77. The Morgan fingerprint density at radius 1 is 1.48 bits per heavy atom. The fraction of sp³-hybridized carbons (Fsp3) is 0.182. The van der Waals surface area contributed by atoms with E-state index in [9.17, 15) is 18.0 Å². The summed E-state index contributed by atoms with van der Waals surface area (Å²) in [6.45, 7) is 0. The molecule has 0 saturated heterocycles. The molecule has 0 unspecified atom stereocenters. The van der Waals surface area contributed by atoms with E-state index in [0.29, 0.717) is 4.68 Å². The molecule has 6 nitrogen and oxygen atoms in total. The molecule has 0 atom stereocenters. The van der Waals surface area contributed by atoms with Crippen LogP contribution in [0, 0.1) is 0 Å². The maximum absolute atomic E-state index is 12.9. The van der Waals surface area contributed by atoms with Gasteiger partial charge in [-0.05, 0) is 12.1 Å². The Bertz CT molecular complexity index is 698. The molecule has 1 amide bonds. The first kappa shape index (κ1) is 15.1. The van der Waals surface area contributed by atoms with Gasteiger partial charge >= 0.3 is 6.18 Å². The summed E-state index contributed by atoms with van der Waals surface area (Å²) < 4.78 is 39.4. The van der Waals surface area contributed by atoms with E-state index in [1.807, 2.05) is 0 Å². The van der Waals surface area contributed by atoms with Crippen LogP contribution >= 0.6 is 11.6 Å². The number of carbonyl (C=O) groups excluding carboxylic acids is 1. The number of hydrogen-bond donors (Lipinski definition) is 2. The number of nitrogen functional groups attached to an aromatic ring is 1. The summed E-state index contributed by atoms with van der Waals surface area (Å²) in [5, 5.41) is 5.09. The first-order valence-electron chi connectivity index (χ1n) is 5.52. The lowest BCUT2D eigenvalue weighted by atomic mass is 10.2. The lowest BCUT2D eigenvalue weighted by molar-refractivity contribution is -0.143. The lowest BCUT2D eigenvalue weighted by Gasteiger charge is -2.11. The van der Waals surface area contributed by atoms with Gasteiger partial charge in [-0.25, -0.2) is 4.98 Å². The number of halogens is 4. The minimum Gasteiger partial charge on any atom is -0.384 e. The molecule has 0 aliphatic rings. The molecule has 0 aliphatic heterocycles. The molecule has 0 fully saturated rings. The number of carbonyl (C=O) groups is 1.